The maximum atomic E-state index is 13.8. The number of fused-ring (bicyclic) bond motifs is 1. The minimum Gasteiger partial charge on any atom is -0.389 e. The van der Waals surface area contributed by atoms with Gasteiger partial charge in [-0.15, -0.1) is 0 Å². The predicted octanol–water partition coefficient (Wildman–Crippen LogP) is 4.82. The lowest BCUT2D eigenvalue weighted by Gasteiger charge is -2.44. The second-order valence-electron chi connectivity index (χ2n) is 10.9. The molecule has 1 aromatic carbocycles. The van der Waals surface area contributed by atoms with Crippen molar-refractivity contribution < 1.29 is 27.8 Å². The van der Waals surface area contributed by atoms with Gasteiger partial charge in [-0.3, -0.25) is 4.90 Å². The summed E-state index contributed by atoms with van der Waals surface area (Å²) in [4.78, 5) is 4.00. The van der Waals surface area contributed by atoms with Crippen LogP contribution < -0.4 is 0 Å². The maximum absolute atomic E-state index is 13.8. The van der Waals surface area contributed by atoms with Gasteiger partial charge in [0.05, 0.1) is 25.4 Å². The first kappa shape index (κ1) is 31.0. The van der Waals surface area contributed by atoms with Crippen molar-refractivity contribution in [1.82, 2.24) is 9.80 Å². The Labute approximate surface area is 215 Å². The zero-order valence-corrected chi connectivity index (χ0v) is 23.0. The molecule has 5 nitrogen and oxygen atoms in total. The standard InChI is InChI=1S/C28H47F3N2O3/c1-20(2)27-25-9-8-24(29)16-22(25)10-11-28(27,34)12-15-32(4)13-7-14-33(17-26(30)31)21(3)23(18-35-5)19-36-6/h8-9,16,20-21,23,26-27,34H,7,10-15,17-19H2,1-6H3/t21?,27-,28-/m0/s1. The normalized spacial score (nSPS) is 21.2. The van der Waals surface area contributed by atoms with E-state index in [9.17, 15) is 18.3 Å². The van der Waals surface area contributed by atoms with Crippen LogP contribution in [0.25, 0.3) is 0 Å². The van der Waals surface area contributed by atoms with E-state index in [2.05, 4.69) is 18.7 Å². The Morgan fingerprint density at radius 3 is 2.33 bits per heavy atom. The molecule has 1 aromatic rings. The Morgan fingerprint density at radius 2 is 1.75 bits per heavy atom. The predicted molar refractivity (Wildman–Crippen MR) is 138 cm³/mol. The largest absolute Gasteiger partial charge is 0.389 e. The van der Waals surface area contributed by atoms with Gasteiger partial charge in [0.25, 0.3) is 6.43 Å². The summed E-state index contributed by atoms with van der Waals surface area (Å²) < 4.78 is 50.9. The van der Waals surface area contributed by atoms with Crippen molar-refractivity contribution in [3.8, 4) is 0 Å². The molecule has 0 aromatic heterocycles. The van der Waals surface area contributed by atoms with Crippen LogP contribution in [0.15, 0.2) is 18.2 Å². The van der Waals surface area contributed by atoms with Crippen LogP contribution in [0.2, 0.25) is 0 Å². The van der Waals surface area contributed by atoms with E-state index in [4.69, 9.17) is 9.47 Å². The Hall–Kier alpha value is -1.19. The number of aliphatic hydroxyl groups is 1. The molecule has 0 fully saturated rings. The molecular weight excluding hydrogens is 469 g/mol. The van der Waals surface area contributed by atoms with E-state index in [0.717, 1.165) is 24.1 Å². The first-order valence-corrected chi connectivity index (χ1v) is 13.2. The lowest BCUT2D eigenvalue weighted by Crippen LogP contribution is -2.46. The average Bonchev–Trinajstić information content (AvgIpc) is 2.81. The molecule has 0 saturated heterocycles. The van der Waals surface area contributed by atoms with Gasteiger partial charge in [0.15, 0.2) is 0 Å². The summed E-state index contributed by atoms with van der Waals surface area (Å²) >= 11 is 0. The topological polar surface area (TPSA) is 45.2 Å². The fourth-order valence-corrected chi connectivity index (χ4v) is 5.88. The van der Waals surface area contributed by atoms with Gasteiger partial charge in [0, 0.05) is 38.6 Å². The second-order valence-corrected chi connectivity index (χ2v) is 10.9. The van der Waals surface area contributed by atoms with E-state index in [1.165, 1.54) is 6.07 Å². The Balaban J connectivity index is 1.94. The summed E-state index contributed by atoms with van der Waals surface area (Å²) in [7, 11) is 5.24. The summed E-state index contributed by atoms with van der Waals surface area (Å²) in [6.45, 7) is 8.83. The number of benzene rings is 1. The van der Waals surface area contributed by atoms with Gasteiger partial charge in [-0.25, -0.2) is 13.2 Å². The van der Waals surface area contributed by atoms with Crippen LogP contribution in [0.5, 0.6) is 0 Å². The van der Waals surface area contributed by atoms with E-state index in [1.807, 2.05) is 24.9 Å². The van der Waals surface area contributed by atoms with Crippen molar-refractivity contribution in [1.29, 1.82) is 0 Å². The van der Waals surface area contributed by atoms with Gasteiger partial charge in [-0.1, -0.05) is 19.9 Å². The molecule has 0 aliphatic heterocycles. The van der Waals surface area contributed by atoms with Crippen LogP contribution in [0.1, 0.15) is 57.1 Å². The van der Waals surface area contributed by atoms with E-state index >= 15 is 0 Å². The number of aryl methyl sites for hydroxylation is 1. The number of halogens is 3. The van der Waals surface area contributed by atoms with Gasteiger partial charge < -0.3 is 19.5 Å². The molecule has 1 N–H and O–H groups in total. The quantitative estimate of drug-likeness (QED) is 0.341. The SMILES string of the molecule is COCC(COC)C(C)N(CCCN(C)CC[C@@]1(O)CCc2cc(F)ccc2[C@@H]1C(C)C)CC(F)F. The zero-order chi connectivity index (χ0) is 26.9. The molecule has 208 valence electrons. The average molecular weight is 517 g/mol. The maximum Gasteiger partial charge on any atom is 0.251 e. The number of hydrogen-bond acceptors (Lipinski definition) is 5. The van der Waals surface area contributed by atoms with Crippen LogP contribution in [-0.2, 0) is 15.9 Å². The Bertz CT molecular complexity index is 776. The molecule has 0 amide bonds. The van der Waals surface area contributed by atoms with E-state index in [0.29, 0.717) is 45.6 Å². The molecular formula is C28H47F3N2O3. The number of rotatable bonds is 16. The minimum absolute atomic E-state index is 0.0151. The molecule has 3 atom stereocenters. The third-order valence-electron chi connectivity index (χ3n) is 7.82. The number of ether oxygens (including phenoxy) is 2. The van der Waals surface area contributed by atoms with Gasteiger partial charge in [0.1, 0.15) is 5.82 Å². The van der Waals surface area contributed by atoms with Crippen LogP contribution in [0, 0.1) is 17.7 Å². The highest BCUT2D eigenvalue weighted by Gasteiger charge is 2.43. The highest BCUT2D eigenvalue weighted by molar-refractivity contribution is 5.36. The van der Waals surface area contributed by atoms with E-state index in [-0.39, 0.29) is 36.2 Å². The van der Waals surface area contributed by atoms with Crippen LogP contribution in [-0.4, -0.2) is 93.6 Å². The summed E-state index contributed by atoms with van der Waals surface area (Å²) in [6, 6.07) is 4.83. The second kappa shape index (κ2) is 14.7. The fraction of sp³-hybridized carbons (Fsp3) is 0.786. The van der Waals surface area contributed by atoms with Crippen molar-refractivity contribution in [2.45, 2.75) is 70.4 Å². The monoisotopic (exact) mass is 516 g/mol. The fourth-order valence-electron chi connectivity index (χ4n) is 5.88. The molecule has 0 heterocycles. The van der Waals surface area contributed by atoms with Crippen LogP contribution >= 0.6 is 0 Å². The highest BCUT2D eigenvalue weighted by atomic mass is 19.3. The van der Waals surface area contributed by atoms with Gasteiger partial charge in [0.2, 0.25) is 0 Å². The number of hydrogen-bond donors (Lipinski definition) is 1. The smallest absolute Gasteiger partial charge is 0.251 e. The van der Waals surface area contributed by atoms with Crippen LogP contribution in [0.3, 0.4) is 0 Å². The molecule has 0 bridgehead atoms. The zero-order valence-electron chi connectivity index (χ0n) is 23.0. The van der Waals surface area contributed by atoms with E-state index in [1.54, 1.807) is 20.3 Å². The molecule has 1 unspecified atom stereocenters. The van der Waals surface area contributed by atoms with Crippen molar-refractivity contribution in [3.63, 3.8) is 0 Å². The minimum atomic E-state index is -2.40. The molecule has 0 saturated carbocycles. The van der Waals surface area contributed by atoms with Gasteiger partial charge in [-0.2, -0.15) is 0 Å². The molecule has 36 heavy (non-hydrogen) atoms. The van der Waals surface area contributed by atoms with Crippen molar-refractivity contribution in [2.24, 2.45) is 11.8 Å². The third-order valence-corrected chi connectivity index (χ3v) is 7.82. The summed E-state index contributed by atoms with van der Waals surface area (Å²) in [5.74, 6) is -0.0359. The molecule has 8 heteroatoms. The number of alkyl halides is 2. The summed E-state index contributed by atoms with van der Waals surface area (Å²) in [5, 5.41) is 11.7. The molecule has 1 aliphatic rings. The van der Waals surface area contributed by atoms with Gasteiger partial charge >= 0.3 is 0 Å². The summed E-state index contributed by atoms with van der Waals surface area (Å²) in [6.07, 6.45) is 0.237. The first-order valence-electron chi connectivity index (χ1n) is 13.2. The lowest BCUT2D eigenvalue weighted by atomic mass is 9.66. The summed E-state index contributed by atoms with van der Waals surface area (Å²) in [5.41, 5.74) is 1.21. The van der Waals surface area contributed by atoms with Crippen molar-refractivity contribution >= 4 is 0 Å². The molecule has 0 radical (unpaired) electrons. The highest BCUT2D eigenvalue weighted by Crippen LogP contribution is 2.45. The number of nitrogens with zero attached hydrogens (tertiary/aromatic N) is 2. The van der Waals surface area contributed by atoms with E-state index < -0.39 is 12.0 Å². The van der Waals surface area contributed by atoms with Crippen molar-refractivity contribution in [2.75, 3.05) is 60.7 Å². The van der Waals surface area contributed by atoms with Crippen LogP contribution in [0.4, 0.5) is 13.2 Å². The Kier molecular flexibility index (Phi) is 12.6. The number of methoxy groups -OCH3 is 2. The molecule has 0 spiro atoms. The molecule has 1 aliphatic carbocycles. The first-order chi connectivity index (χ1) is 17.0. The van der Waals surface area contributed by atoms with Gasteiger partial charge in [-0.05, 0) is 81.9 Å². The Morgan fingerprint density at radius 1 is 1.08 bits per heavy atom. The van der Waals surface area contributed by atoms with Crippen molar-refractivity contribution in [3.05, 3.63) is 35.1 Å². The molecule has 2 rings (SSSR count). The third kappa shape index (κ3) is 8.69. The lowest BCUT2D eigenvalue weighted by molar-refractivity contribution is -0.0304.